The molecule has 0 aliphatic rings. The van der Waals surface area contributed by atoms with E-state index in [1.54, 1.807) is 0 Å². The molecule has 0 aliphatic carbocycles. The molecule has 1 nitrogen and oxygen atoms in total. The van der Waals surface area contributed by atoms with Crippen molar-refractivity contribution in [3.8, 4) is 6.07 Å². The molecule has 0 saturated heterocycles. The molecule has 0 unspecified atom stereocenters. The maximum absolute atomic E-state index is 8.97. The van der Waals surface area contributed by atoms with Gasteiger partial charge in [0.2, 0.25) is 0 Å². The second kappa shape index (κ2) is 3.62. The summed E-state index contributed by atoms with van der Waals surface area (Å²) < 4.78 is 0. The molecule has 68 valence electrons. The summed E-state index contributed by atoms with van der Waals surface area (Å²) in [5.41, 5.74) is 4.41. The quantitative estimate of drug-likeness (QED) is 0.639. The third-order valence-electron chi connectivity index (χ3n) is 2.23. The highest BCUT2D eigenvalue weighted by Crippen LogP contribution is 2.24. The zero-order valence-corrected chi connectivity index (χ0v) is 8.68. The van der Waals surface area contributed by atoms with Crippen molar-refractivity contribution in [2.24, 2.45) is 0 Å². The number of benzene rings is 1. The Bertz CT molecular complexity index is 356. The van der Waals surface area contributed by atoms with Crippen LogP contribution in [0.25, 0.3) is 0 Å². The van der Waals surface area contributed by atoms with E-state index in [-0.39, 0.29) is 0 Å². The standard InChI is InChI=1S/C12H15N/c1-8(2)12-10(4)5-9(3)6-11(12)7-13/h5-6,8H,1-4H3. The SMILES string of the molecule is Cc1cc(C)c(C(C)C)c(C#N)c1. The molecule has 1 aromatic rings. The molecule has 0 amide bonds. The molecule has 0 aliphatic heterocycles. The van der Waals surface area contributed by atoms with Gasteiger partial charge < -0.3 is 0 Å². The lowest BCUT2D eigenvalue weighted by Crippen LogP contribution is -1.97. The number of aryl methyl sites for hydroxylation is 2. The van der Waals surface area contributed by atoms with Crippen LogP contribution in [0, 0.1) is 25.2 Å². The van der Waals surface area contributed by atoms with Crippen molar-refractivity contribution in [3.05, 3.63) is 34.4 Å². The average Bonchev–Trinajstić information content (AvgIpc) is 2.01. The lowest BCUT2D eigenvalue weighted by atomic mass is 9.91. The van der Waals surface area contributed by atoms with Crippen molar-refractivity contribution >= 4 is 0 Å². The Labute approximate surface area is 80.0 Å². The summed E-state index contributed by atoms with van der Waals surface area (Å²) in [6, 6.07) is 6.35. The summed E-state index contributed by atoms with van der Waals surface area (Å²) in [6.45, 7) is 8.35. The fourth-order valence-electron chi connectivity index (χ4n) is 1.84. The predicted octanol–water partition coefficient (Wildman–Crippen LogP) is 3.30. The third kappa shape index (κ3) is 1.89. The summed E-state index contributed by atoms with van der Waals surface area (Å²) in [7, 11) is 0. The third-order valence-corrected chi connectivity index (χ3v) is 2.23. The molecule has 0 radical (unpaired) electrons. The van der Waals surface area contributed by atoms with Crippen LogP contribution in [0.4, 0.5) is 0 Å². The Hall–Kier alpha value is -1.29. The Morgan fingerprint density at radius 2 is 1.85 bits per heavy atom. The van der Waals surface area contributed by atoms with E-state index in [2.05, 4.69) is 32.9 Å². The zero-order chi connectivity index (χ0) is 10.0. The van der Waals surface area contributed by atoms with Gasteiger partial charge in [-0.2, -0.15) is 5.26 Å². The normalized spacial score (nSPS) is 10.2. The van der Waals surface area contributed by atoms with Crippen molar-refractivity contribution < 1.29 is 0 Å². The minimum absolute atomic E-state index is 0.426. The molecule has 0 fully saturated rings. The van der Waals surface area contributed by atoms with Gasteiger partial charge in [-0.15, -0.1) is 0 Å². The second-order valence-corrected chi connectivity index (χ2v) is 3.81. The summed E-state index contributed by atoms with van der Waals surface area (Å²) in [5.74, 6) is 0.426. The fraction of sp³-hybridized carbons (Fsp3) is 0.417. The zero-order valence-electron chi connectivity index (χ0n) is 8.68. The topological polar surface area (TPSA) is 23.8 Å². The maximum atomic E-state index is 8.97. The Morgan fingerprint density at radius 3 is 2.31 bits per heavy atom. The van der Waals surface area contributed by atoms with Crippen molar-refractivity contribution in [2.75, 3.05) is 0 Å². The van der Waals surface area contributed by atoms with Crippen LogP contribution in [0.3, 0.4) is 0 Å². The average molecular weight is 173 g/mol. The van der Waals surface area contributed by atoms with Crippen LogP contribution in [0.15, 0.2) is 12.1 Å². The van der Waals surface area contributed by atoms with Gasteiger partial charge in [-0.25, -0.2) is 0 Å². The summed E-state index contributed by atoms with van der Waals surface area (Å²) in [4.78, 5) is 0. The Balaban J connectivity index is 3.41. The highest BCUT2D eigenvalue weighted by Gasteiger charge is 2.09. The van der Waals surface area contributed by atoms with Crippen LogP contribution in [0.2, 0.25) is 0 Å². The molecule has 0 heterocycles. The van der Waals surface area contributed by atoms with Gasteiger partial charge in [0.25, 0.3) is 0 Å². The first-order valence-corrected chi connectivity index (χ1v) is 4.57. The van der Waals surface area contributed by atoms with Gasteiger partial charge in [-0.3, -0.25) is 0 Å². The molecule has 1 heteroatoms. The molecular weight excluding hydrogens is 158 g/mol. The van der Waals surface area contributed by atoms with Gasteiger partial charge in [-0.05, 0) is 42.5 Å². The van der Waals surface area contributed by atoms with E-state index < -0.39 is 0 Å². The van der Waals surface area contributed by atoms with Crippen LogP contribution in [0.5, 0.6) is 0 Å². The van der Waals surface area contributed by atoms with E-state index in [1.807, 2.05) is 13.0 Å². The molecule has 1 rings (SSSR count). The molecule has 0 atom stereocenters. The number of nitriles is 1. The van der Waals surface area contributed by atoms with Crippen LogP contribution in [-0.4, -0.2) is 0 Å². The molecule has 0 aromatic heterocycles. The monoisotopic (exact) mass is 173 g/mol. The van der Waals surface area contributed by atoms with Gasteiger partial charge >= 0.3 is 0 Å². The van der Waals surface area contributed by atoms with Crippen LogP contribution < -0.4 is 0 Å². The summed E-state index contributed by atoms with van der Waals surface area (Å²) in [6.07, 6.45) is 0. The largest absolute Gasteiger partial charge is 0.192 e. The van der Waals surface area contributed by atoms with Crippen molar-refractivity contribution in [1.82, 2.24) is 0 Å². The highest BCUT2D eigenvalue weighted by molar-refractivity contribution is 5.46. The van der Waals surface area contributed by atoms with Gasteiger partial charge in [-0.1, -0.05) is 19.9 Å². The molecule has 0 saturated carbocycles. The first-order chi connectivity index (χ1) is 6.06. The molecular formula is C12H15N. The van der Waals surface area contributed by atoms with Crippen LogP contribution in [-0.2, 0) is 0 Å². The van der Waals surface area contributed by atoms with Crippen molar-refractivity contribution in [2.45, 2.75) is 33.6 Å². The van der Waals surface area contributed by atoms with Crippen LogP contribution >= 0.6 is 0 Å². The van der Waals surface area contributed by atoms with Crippen LogP contribution in [0.1, 0.15) is 42.0 Å². The maximum Gasteiger partial charge on any atom is 0.0994 e. The molecule has 1 aromatic carbocycles. The lowest BCUT2D eigenvalue weighted by Gasteiger charge is -2.12. The first kappa shape index (κ1) is 9.80. The fourth-order valence-corrected chi connectivity index (χ4v) is 1.84. The minimum Gasteiger partial charge on any atom is -0.192 e. The Kier molecular flexibility index (Phi) is 2.72. The predicted molar refractivity (Wildman–Crippen MR) is 54.7 cm³/mol. The van der Waals surface area contributed by atoms with E-state index in [9.17, 15) is 0 Å². The Morgan fingerprint density at radius 1 is 1.23 bits per heavy atom. The van der Waals surface area contributed by atoms with Gasteiger partial charge in [0.1, 0.15) is 0 Å². The van der Waals surface area contributed by atoms with Crippen molar-refractivity contribution in [3.63, 3.8) is 0 Å². The van der Waals surface area contributed by atoms with E-state index in [1.165, 1.54) is 16.7 Å². The summed E-state index contributed by atoms with van der Waals surface area (Å²) >= 11 is 0. The first-order valence-electron chi connectivity index (χ1n) is 4.57. The second-order valence-electron chi connectivity index (χ2n) is 3.81. The summed E-state index contributed by atoms with van der Waals surface area (Å²) in [5, 5.41) is 8.97. The minimum atomic E-state index is 0.426. The van der Waals surface area contributed by atoms with E-state index in [0.29, 0.717) is 5.92 Å². The number of hydrogen-bond donors (Lipinski definition) is 0. The highest BCUT2D eigenvalue weighted by atomic mass is 14.3. The van der Waals surface area contributed by atoms with Gasteiger partial charge in [0.15, 0.2) is 0 Å². The molecule has 13 heavy (non-hydrogen) atoms. The van der Waals surface area contributed by atoms with E-state index in [4.69, 9.17) is 5.26 Å². The van der Waals surface area contributed by atoms with Gasteiger partial charge in [0, 0.05) is 0 Å². The smallest absolute Gasteiger partial charge is 0.0994 e. The number of nitrogens with zero attached hydrogens (tertiary/aromatic N) is 1. The number of hydrogen-bond acceptors (Lipinski definition) is 1. The van der Waals surface area contributed by atoms with E-state index in [0.717, 1.165) is 5.56 Å². The lowest BCUT2D eigenvalue weighted by molar-refractivity contribution is 0.851. The molecule has 0 N–H and O–H groups in total. The molecule has 0 bridgehead atoms. The number of rotatable bonds is 1. The van der Waals surface area contributed by atoms with E-state index >= 15 is 0 Å². The van der Waals surface area contributed by atoms with Gasteiger partial charge in [0.05, 0.1) is 11.6 Å². The molecule has 0 spiro atoms. The van der Waals surface area contributed by atoms with Crippen molar-refractivity contribution in [1.29, 1.82) is 5.26 Å².